The van der Waals surface area contributed by atoms with Crippen molar-refractivity contribution in [3.05, 3.63) is 28.2 Å². The van der Waals surface area contributed by atoms with Crippen molar-refractivity contribution >= 4 is 27.7 Å². The highest BCUT2D eigenvalue weighted by atomic mass is 79.9. The lowest BCUT2D eigenvalue weighted by Crippen LogP contribution is -2.21. The maximum Gasteiger partial charge on any atom is 0.0864 e. The molecule has 3 nitrogen and oxygen atoms in total. The lowest BCUT2D eigenvalue weighted by atomic mass is 10.2. The Bertz CT molecular complexity index is 374. The number of halogens is 1. The molecule has 0 aliphatic heterocycles. The number of thioether (sulfide) groups is 1. The van der Waals surface area contributed by atoms with Crippen LogP contribution >= 0.6 is 27.7 Å². The van der Waals surface area contributed by atoms with E-state index >= 15 is 0 Å². The third-order valence-corrected chi connectivity index (χ3v) is 4.49. The van der Waals surface area contributed by atoms with Gasteiger partial charge in [-0.25, -0.2) is 0 Å². The molecule has 1 rings (SSSR count). The molecule has 0 aliphatic carbocycles. The molecule has 0 amide bonds. The van der Waals surface area contributed by atoms with E-state index in [4.69, 9.17) is 5.11 Å². The van der Waals surface area contributed by atoms with E-state index in [1.807, 2.05) is 6.07 Å². The summed E-state index contributed by atoms with van der Waals surface area (Å²) in [5, 5.41) is 21.4. The molecule has 3 N–H and O–H groups in total. The fraction of sp³-hybridized carbons (Fsp3) is 0.538. The second kappa shape index (κ2) is 8.17. The van der Waals surface area contributed by atoms with Gasteiger partial charge in [0.1, 0.15) is 0 Å². The SMILES string of the molecule is CC(C)NCc1ccc(SCC(O)CO)c(Br)c1. The van der Waals surface area contributed by atoms with Crippen molar-refractivity contribution in [2.75, 3.05) is 12.4 Å². The van der Waals surface area contributed by atoms with Gasteiger partial charge in [-0.3, -0.25) is 0 Å². The van der Waals surface area contributed by atoms with Crippen molar-refractivity contribution in [2.45, 2.75) is 37.4 Å². The molecular weight excluding hydrogens is 314 g/mol. The van der Waals surface area contributed by atoms with Crippen LogP contribution in [0.3, 0.4) is 0 Å². The predicted molar refractivity (Wildman–Crippen MR) is 79.9 cm³/mol. The Kier molecular flexibility index (Phi) is 7.26. The molecule has 102 valence electrons. The summed E-state index contributed by atoms with van der Waals surface area (Å²) in [7, 11) is 0. The van der Waals surface area contributed by atoms with Crippen molar-refractivity contribution < 1.29 is 10.2 Å². The van der Waals surface area contributed by atoms with E-state index < -0.39 is 6.10 Å². The first-order chi connectivity index (χ1) is 8.52. The summed E-state index contributed by atoms with van der Waals surface area (Å²) < 4.78 is 1.03. The third-order valence-electron chi connectivity index (χ3n) is 2.35. The Morgan fingerprint density at radius 2 is 2.11 bits per heavy atom. The van der Waals surface area contributed by atoms with E-state index in [9.17, 15) is 5.11 Å². The molecule has 0 heterocycles. The Hall–Kier alpha value is -0.0700. The fourth-order valence-corrected chi connectivity index (χ4v) is 2.94. The topological polar surface area (TPSA) is 52.5 Å². The summed E-state index contributed by atoms with van der Waals surface area (Å²) in [6.07, 6.45) is -0.663. The van der Waals surface area contributed by atoms with Crippen LogP contribution in [-0.2, 0) is 6.54 Å². The van der Waals surface area contributed by atoms with Gasteiger partial charge in [-0.2, -0.15) is 0 Å². The van der Waals surface area contributed by atoms with Crippen molar-refractivity contribution in [3.8, 4) is 0 Å². The second-order valence-corrected chi connectivity index (χ2v) is 6.36. The summed E-state index contributed by atoms with van der Waals surface area (Å²) in [4.78, 5) is 1.08. The molecular formula is C13H20BrNO2S. The van der Waals surface area contributed by atoms with E-state index in [0.29, 0.717) is 11.8 Å². The maximum atomic E-state index is 9.31. The molecule has 18 heavy (non-hydrogen) atoms. The molecule has 1 atom stereocenters. The molecule has 0 aromatic heterocycles. The Morgan fingerprint density at radius 3 is 2.67 bits per heavy atom. The molecule has 0 aliphatic rings. The number of nitrogens with one attached hydrogen (secondary N) is 1. The van der Waals surface area contributed by atoms with Crippen LogP contribution in [0.5, 0.6) is 0 Å². The van der Waals surface area contributed by atoms with Crippen LogP contribution in [0.4, 0.5) is 0 Å². The summed E-state index contributed by atoms with van der Waals surface area (Å²) in [5.74, 6) is 0.499. The number of benzene rings is 1. The first-order valence-electron chi connectivity index (χ1n) is 5.96. The van der Waals surface area contributed by atoms with Crippen LogP contribution in [0.2, 0.25) is 0 Å². The Labute approximate surface area is 121 Å². The average Bonchev–Trinajstić information content (AvgIpc) is 2.34. The highest BCUT2D eigenvalue weighted by molar-refractivity contribution is 9.10. The number of aliphatic hydroxyl groups excluding tert-OH is 2. The van der Waals surface area contributed by atoms with Gasteiger partial charge in [-0.15, -0.1) is 11.8 Å². The highest BCUT2D eigenvalue weighted by Crippen LogP contribution is 2.28. The van der Waals surface area contributed by atoms with Crippen LogP contribution in [0.15, 0.2) is 27.6 Å². The molecule has 1 unspecified atom stereocenters. The van der Waals surface area contributed by atoms with Gasteiger partial charge >= 0.3 is 0 Å². The van der Waals surface area contributed by atoms with Crippen LogP contribution in [0.25, 0.3) is 0 Å². The van der Waals surface area contributed by atoms with E-state index in [0.717, 1.165) is 15.9 Å². The Balaban J connectivity index is 2.56. The second-order valence-electron chi connectivity index (χ2n) is 4.45. The molecule has 0 fully saturated rings. The molecule has 1 aromatic rings. The first-order valence-corrected chi connectivity index (χ1v) is 7.74. The molecule has 5 heteroatoms. The van der Waals surface area contributed by atoms with Crippen molar-refractivity contribution in [1.82, 2.24) is 5.32 Å². The standard InChI is InChI=1S/C13H20BrNO2S/c1-9(2)15-6-10-3-4-13(12(14)5-10)18-8-11(17)7-16/h3-5,9,11,15-17H,6-8H2,1-2H3. The van der Waals surface area contributed by atoms with Crippen LogP contribution in [0, 0.1) is 0 Å². The lowest BCUT2D eigenvalue weighted by Gasteiger charge is -2.11. The Morgan fingerprint density at radius 1 is 1.39 bits per heavy atom. The van der Waals surface area contributed by atoms with Gasteiger partial charge in [0.15, 0.2) is 0 Å². The van der Waals surface area contributed by atoms with Gasteiger partial charge in [0.25, 0.3) is 0 Å². The van der Waals surface area contributed by atoms with Crippen LogP contribution < -0.4 is 5.32 Å². The summed E-state index contributed by atoms with van der Waals surface area (Å²) in [5.41, 5.74) is 1.22. The van der Waals surface area contributed by atoms with Gasteiger partial charge in [-0.05, 0) is 33.6 Å². The van der Waals surface area contributed by atoms with Crippen LogP contribution in [0.1, 0.15) is 19.4 Å². The summed E-state index contributed by atoms with van der Waals surface area (Å²) in [6, 6.07) is 6.67. The van der Waals surface area contributed by atoms with Gasteiger partial charge in [0, 0.05) is 27.7 Å². The first kappa shape index (κ1) is 16.0. The third kappa shape index (κ3) is 5.71. The maximum absolute atomic E-state index is 9.31. The van der Waals surface area contributed by atoms with Crippen molar-refractivity contribution in [1.29, 1.82) is 0 Å². The normalized spacial score (nSPS) is 13.0. The van der Waals surface area contributed by atoms with Gasteiger partial charge < -0.3 is 15.5 Å². The quantitative estimate of drug-likeness (QED) is 0.670. The molecule has 0 saturated carbocycles. The van der Waals surface area contributed by atoms with Gasteiger partial charge in [-0.1, -0.05) is 19.9 Å². The molecule has 1 aromatic carbocycles. The van der Waals surface area contributed by atoms with Gasteiger partial charge in [0.05, 0.1) is 12.7 Å². The zero-order valence-corrected chi connectivity index (χ0v) is 13.1. The van der Waals surface area contributed by atoms with Crippen LogP contribution in [-0.4, -0.2) is 34.7 Å². The lowest BCUT2D eigenvalue weighted by molar-refractivity contribution is 0.113. The number of aliphatic hydroxyl groups is 2. The zero-order chi connectivity index (χ0) is 13.5. The molecule has 0 spiro atoms. The number of hydrogen-bond acceptors (Lipinski definition) is 4. The number of hydrogen-bond donors (Lipinski definition) is 3. The summed E-state index contributed by atoms with van der Waals surface area (Å²) in [6.45, 7) is 4.90. The fourth-order valence-electron chi connectivity index (χ4n) is 1.33. The van der Waals surface area contributed by atoms with Gasteiger partial charge in [0.2, 0.25) is 0 Å². The monoisotopic (exact) mass is 333 g/mol. The van der Waals surface area contributed by atoms with Crippen molar-refractivity contribution in [3.63, 3.8) is 0 Å². The van der Waals surface area contributed by atoms with E-state index in [-0.39, 0.29) is 6.61 Å². The minimum Gasteiger partial charge on any atom is -0.394 e. The van der Waals surface area contributed by atoms with E-state index in [2.05, 4.69) is 47.2 Å². The largest absolute Gasteiger partial charge is 0.394 e. The average molecular weight is 334 g/mol. The van der Waals surface area contributed by atoms with Crippen molar-refractivity contribution in [2.24, 2.45) is 0 Å². The zero-order valence-electron chi connectivity index (χ0n) is 10.7. The predicted octanol–water partition coefficient (Wildman–Crippen LogP) is 2.39. The minimum atomic E-state index is -0.663. The van der Waals surface area contributed by atoms with E-state index in [1.165, 1.54) is 17.3 Å². The van der Waals surface area contributed by atoms with E-state index in [1.54, 1.807) is 0 Å². The highest BCUT2D eigenvalue weighted by Gasteiger charge is 2.07. The smallest absolute Gasteiger partial charge is 0.0864 e. The number of rotatable bonds is 7. The molecule has 0 bridgehead atoms. The minimum absolute atomic E-state index is 0.193. The molecule has 0 radical (unpaired) electrons. The molecule has 0 saturated heterocycles. The summed E-state index contributed by atoms with van der Waals surface area (Å²) >= 11 is 5.07.